The second-order valence-electron chi connectivity index (χ2n) is 7.54. The number of carboxylic acids is 1. The Balaban J connectivity index is 1.61. The molecule has 0 aromatic heterocycles. The molecule has 3 atom stereocenters. The van der Waals surface area contributed by atoms with E-state index in [1.807, 2.05) is 6.92 Å². The van der Waals surface area contributed by atoms with Crippen molar-refractivity contribution < 1.29 is 19.1 Å². The number of benzene rings is 2. The van der Waals surface area contributed by atoms with Gasteiger partial charge in [-0.2, -0.15) is 0 Å². The zero-order chi connectivity index (χ0) is 19.2. The van der Waals surface area contributed by atoms with E-state index in [0.717, 1.165) is 12.8 Å². The molecule has 0 unspecified atom stereocenters. The molecule has 4 rings (SSSR count). The Bertz CT molecular complexity index is 895. The molecule has 5 heteroatoms. The summed E-state index contributed by atoms with van der Waals surface area (Å²) in [5.41, 5.74) is 0.895. The molecule has 2 fully saturated rings. The van der Waals surface area contributed by atoms with Crippen molar-refractivity contribution in [2.75, 3.05) is 0 Å². The molecule has 140 valence electrons. The first-order valence-electron chi connectivity index (χ1n) is 9.39. The molecule has 2 bridgehead atoms. The van der Waals surface area contributed by atoms with Gasteiger partial charge in [-0.05, 0) is 49.4 Å². The summed E-state index contributed by atoms with van der Waals surface area (Å²) in [6, 6.07) is 13.2. The van der Waals surface area contributed by atoms with Crippen molar-refractivity contribution >= 4 is 11.9 Å². The van der Waals surface area contributed by atoms with Gasteiger partial charge in [0.1, 0.15) is 5.82 Å². The minimum absolute atomic E-state index is 0.00945. The molecule has 1 N–H and O–H groups in total. The topological polar surface area (TPSA) is 57.6 Å². The Morgan fingerprint density at radius 1 is 1.15 bits per heavy atom. The highest BCUT2D eigenvalue weighted by Crippen LogP contribution is 2.52. The fourth-order valence-corrected chi connectivity index (χ4v) is 4.89. The molecule has 2 aromatic rings. The van der Waals surface area contributed by atoms with Gasteiger partial charge in [-0.1, -0.05) is 37.3 Å². The number of hydrogen-bond acceptors (Lipinski definition) is 2. The number of rotatable bonds is 4. The van der Waals surface area contributed by atoms with E-state index in [0.29, 0.717) is 29.5 Å². The first-order chi connectivity index (χ1) is 13.0. The smallest absolute Gasteiger partial charge is 0.311 e. The zero-order valence-corrected chi connectivity index (χ0v) is 15.2. The van der Waals surface area contributed by atoms with Crippen molar-refractivity contribution in [3.05, 3.63) is 59.9 Å². The molecule has 2 aliphatic rings. The van der Waals surface area contributed by atoms with Gasteiger partial charge in [-0.3, -0.25) is 9.59 Å². The summed E-state index contributed by atoms with van der Waals surface area (Å²) in [5.74, 6) is -1.23. The van der Waals surface area contributed by atoms with Gasteiger partial charge in [0.2, 0.25) is 0 Å². The number of halogens is 1. The molecule has 2 aromatic carbocycles. The molecular weight excluding hydrogens is 345 g/mol. The monoisotopic (exact) mass is 367 g/mol. The lowest BCUT2D eigenvalue weighted by molar-refractivity contribution is -0.151. The van der Waals surface area contributed by atoms with Crippen molar-refractivity contribution in [2.45, 2.75) is 44.7 Å². The Kier molecular flexibility index (Phi) is 4.25. The van der Waals surface area contributed by atoms with E-state index in [2.05, 4.69) is 0 Å². The van der Waals surface area contributed by atoms with Gasteiger partial charge in [0.15, 0.2) is 0 Å². The summed E-state index contributed by atoms with van der Waals surface area (Å²) in [5, 5.41) is 9.77. The van der Waals surface area contributed by atoms with E-state index in [-0.39, 0.29) is 23.8 Å². The minimum Gasteiger partial charge on any atom is -0.481 e. The van der Waals surface area contributed by atoms with Crippen LogP contribution in [0, 0.1) is 11.2 Å². The van der Waals surface area contributed by atoms with Crippen LogP contribution in [0.2, 0.25) is 0 Å². The molecule has 2 aliphatic heterocycles. The molecular formula is C22H22FNO3. The summed E-state index contributed by atoms with van der Waals surface area (Å²) >= 11 is 0. The maximum atomic E-state index is 14.0. The molecule has 0 radical (unpaired) electrons. The summed E-state index contributed by atoms with van der Waals surface area (Å²) in [6.45, 7) is 1.89. The molecule has 2 heterocycles. The predicted molar refractivity (Wildman–Crippen MR) is 99.8 cm³/mol. The van der Waals surface area contributed by atoms with Crippen LogP contribution in [0.1, 0.15) is 43.0 Å². The van der Waals surface area contributed by atoms with Crippen LogP contribution in [-0.2, 0) is 4.79 Å². The van der Waals surface area contributed by atoms with Crippen LogP contribution in [0.15, 0.2) is 48.5 Å². The van der Waals surface area contributed by atoms with Crippen LogP contribution in [0.5, 0.6) is 0 Å². The summed E-state index contributed by atoms with van der Waals surface area (Å²) in [7, 11) is 0. The number of hydrogen-bond donors (Lipinski definition) is 1. The number of aliphatic carboxylic acids is 1. The quantitative estimate of drug-likeness (QED) is 0.874. The summed E-state index contributed by atoms with van der Waals surface area (Å²) in [4.78, 5) is 26.8. The van der Waals surface area contributed by atoms with Crippen molar-refractivity contribution in [3.63, 3.8) is 0 Å². The maximum absolute atomic E-state index is 14.0. The van der Waals surface area contributed by atoms with Crippen LogP contribution in [0.25, 0.3) is 11.1 Å². The maximum Gasteiger partial charge on any atom is 0.311 e. The second-order valence-corrected chi connectivity index (χ2v) is 7.54. The highest BCUT2D eigenvalue weighted by atomic mass is 19.1. The largest absolute Gasteiger partial charge is 0.481 e. The van der Waals surface area contributed by atoms with E-state index in [9.17, 15) is 19.1 Å². The van der Waals surface area contributed by atoms with Crippen molar-refractivity contribution in [2.24, 2.45) is 5.41 Å². The van der Waals surface area contributed by atoms with Gasteiger partial charge in [-0.25, -0.2) is 4.39 Å². The van der Waals surface area contributed by atoms with Gasteiger partial charge >= 0.3 is 5.97 Å². The average molecular weight is 367 g/mol. The van der Waals surface area contributed by atoms with Crippen LogP contribution >= 0.6 is 0 Å². The summed E-state index contributed by atoms with van der Waals surface area (Å²) < 4.78 is 14.0. The zero-order valence-electron chi connectivity index (χ0n) is 15.2. The van der Waals surface area contributed by atoms with E-state index in [4.69, 9.17) is 0 Å². The van der Waals surface area contributed by atoms with Crippen LogP contribution in [0.3, 0.4) is 0 Å². The molecule has 0 saturated carbocycles. The van der Waals surface area contributed by atoms with E-state index in [1.165, 1.54) is 6.07 Å². The predicted octanol–water partition coefficient (Wildman–Crippen LogP) is 4.35. The van der Waals surface area contributed by atoms with Crippen LogP contribution in [0.4, 0.5) is 4.39 Å². The fraction of sp³-hybridized carbons (Fsp3) is 0.364. The van der Waals surface area contributed by atoms with Gasteiger partial charge in [0.05, 0.1) is 5.41 Å². The van der Waals surface area contributed by atoms with Gasteiger partial charge in [-0.15, -0.1) is 0 Å². The third kappa shape index (κ3) is 2.64. The van der Waals surface area contributed by atoms with Crippen LogP contribution in [-0.4, -0.2) is 34.0 Å². The van der Waals surface area contributed by atoms with Gasteiger partial charge in [0.25, 0.3) is 5.91 Å². The average Bonchev–Trinajstić information content (AvgIpc) is 3.24. The Morgan fingerprint density at radius 2 is 1.85 bits per heavy atom. The molecule has 2 saturated heterocycles. The highest BCUT2D eigenvalue weighted by molar-refractivity contribution is 5.96. The van der Waals surface area contributed by atoms with E-state index >= 15 is 0 Å². The number of carbonyl (C=O) groups excluding carboxylic acids is 1. The van der Waals surface area contributed by atoms with Gasteiger partial charge < -0.3 is 10.0 Å². The number of nitrogens with zero attached hydrogens (tertiary/aromatic N) is 1. The summed E-state index contributed by atoms with van der Waals surface area (Å²) in [6.07, 6.45) is 2.66. The lowest BCUT2D eigenvalue weighted by atomic mass is 9.72. The first-order valence-corrected chi connectivity index (χ1v) is 9.39. The molecule has 1 amide bonds. The Labute approximate surface area is 157 Å². The SMILES string of the molecule is CC[C@@]1(C(=O)O)C[C@@H]2CC[C@H]1N2C(=O)c1ccc(-c2ccccc2F)cc1. The van der Waals surface area contributed by atoms with E-state index in [1.54, 1.807) is 47.4 Å². The van der Waals surface area contributed by atoms with E-state index < -0.39 is 11.4 Å². The second kappa shape index (κ2) is 6.48. The highest BCUT2D eigenvalue weighted by Gasteiger charge is 2.60. The van der Waals surface area contributed by atoms with Crippen LogP contribution < -0.4 is 0 Å². The number of amides is 1. The Hall–Kier alpha value is -2.69. The molecule has 27 heavy (non-hydrogen) atoms. The van der Waals surface area contributed by atoms with Crippen molar-refractivity contribution in [1.29, 1.82) is 0 Å². The number of fused-ring (bicyclic) bond motifs is 2. The normalized spacial score (nSPS) is 26.4. The standard InChI is InChI=1S/C22H22FNO3/c1-2-22(21(26)27)13-16-11-12-19(22)24(16)20(25)15-9-7-14(8-10-15)17-5-3-4-6-18(17)23/h3-10,16,19H,2,11-13H2,1H3,(H,26,27)/t16-,19+,22+/m0/s1. The minimum atomic E-state index is -0.828. The molecule has 4 nitrogen and oxygen atoms in total. The third-order valence-electron chi connectivity index (χ3n) is 6.35. The Morgan fingerprint density at radius 3 is 2.44 bits per heavy atom. The van der Waals surface area contributed by atoms with Crippen molar-refractivity contribution in [1.82, 2.24) is 4.90 Å². The molecule has 0 spiro atoms. The number of carbonyl (C=O) groups is 2. The molecule has 0 aliphatic carbocycles. The van der Waals surface area contributed by atoms with Crippen molar-refractivity contribution in [3.8, 4) is 11.1 Å². The lowest BCUT2D eigenvalue weighted by Crippen LogP contribution is -2.44. The number of carboxylic acid groups (broad SMARTS) is 1. The van der Waals surface area contributed by atoms with Gasteiger partial charge in [0, 0.05) is 23.2 Å². The lowest BCUT2D eigenvalue weighted by Gasteiger charge is -2.32. The first kappa shape index (κ1) is 17.7. The fourth-order valence-electron chi connectivity index (χ4n) is 4.89. The third-order valence-corrected chi connectivity index (χ3v) is 6.35.